The summed E-state index contributed by atoms with van der Waals surface area (Å²) >= 11 is 6.13. The number of rotatable bonds is 10. The van der Waals surface area contributed by atoms with E-state index in [9.17, 15) is 18.0 Å². The van der Waals surface area contributed by atoms with Crippen LogP contribution in [-0.2, 0) is 19.6 Å². The Bertz CT molecular complexity index is 1110. The molecule has 224 valence electrons. The first kappa shape index (κ1) is 31.3. The molecule has 1 saturated carbocycles. The fraction of sp³-hybridized carbons (Fsp3) is 0.733. The number of nitrogens with one attached hydrogen (secondary N) is 2. The van der Waals surface area contributed by atoms with Crippen molar-refractivity contribution in [1.82, 2.24) is 14.9 Å². The summed E-state index contributed by atoms with van der Waals surface area (Å²) in [6.45, 7) is 5.38. The first-order valence-corrected chi connectivity index (χ1v) is 16.9. The lowest BCUT2D eigenvalue weighted by Gasteiger charge is -2.39. The maximum atomic E-state index is 14.0. The van der Waals surface area contributed by atoms with E-state index in [4.69, 9.17) is 16.3 Å². The summed E-state index contributed by atoms with van der Waals surface area (Å²) in [5, 5.41) is 7.05. The molecule has 10 heteroatoms. The first-order chi connectivity index (χ1) is 19.1. The second kappa shape index (κ2) is 14.0. The van der Waals surface area contributed by atoms with Crippen LogP contribution in [0.5, 0.6) is 0 Å². The fourth-order valence-corrected chi connectivity index (χ4v) is 9.11. The number of carbonyl (C=O) groups excluding carboxylic acids is 2. The molecule has 4 rings (SSSR count). The third-order valence-corrected chi connectivity index (χ3v) is 11.5. The number of benzene rings is 1. The van der Waals surface area contributed by atoms with Crippen LogP contribution in [0.2, 0.25) is 5.02 Å². The van der Waals surface area contributed by atoms with Crippen molar-refractivity contribution in [2.45, 2.75) is 95.7 Å². The molecule has 8 nitrogen and oxygen atoms in total. The number of carbonyl (C=O) groups is 2. The van der Waals surface area contributed by atoms with E-state index in [1.807, 2.05) is 24.3 Å². The quantitative estimate of drug-likeness (QED) is 0.389. The van der Waals surface area contributed by atoms with Crippen molar-refractivity contribution >= 4 is 33.5 Å². The summed E-state index contributed by atoms with van der Waals surface area (Å²) in [4.78, 5) is 26.3. The average molecular weight is 596 g/mol. The lowest BCUT2D eigenvalue weighted by molar-refractivity contribution is -0.123. The predicted molar refractivity (Wildman–Crippen MR) is 158 cm³/mol. The van der Waals surface area contributed by atoms with Crippen molar-refractivity contribution in [2.24, 2.45) is 17.8 Å². The van der Waals surface area contributed by atoms with Gasteiger partial charge < -0.3 is 15.4 Å². The van der Waals surface area contributed by atoms with E-state index >= 15 is 0 Å². The minimum atomic E-state index is -3.22. The van der Waals surface area contributed by atoms with Gasteiger partial charge in [-0.25, -0.2) is 13.2 Å². The van der Waals surface area contributed by atoms with Crippen molar-refractivity contribution in [2.75, 3.05) is 26.0 Å². The first-order valence-electron chi connectivity index (χ1n) is 14.9. The molecule has 1 aromatic carbocycles. The molecule has 7 atom stereocenters. The number of sulfonamides is 1. The zero-order valence-corrected chi connectivity index (χ0v) is 25.7. The number of hydrogen-bond acceptors (Lipinski definition) is 6. The Labute approximate surface area is 245 Å². The summed E-state index contributed by atoms with van der Waals surface area (Å²) in [5.74, 6) is 0.700. The highest BCUT2D eigenvalue weighted by Gasteiger charge is 2.40. The highest BCUT2D eigenvalue weighted by Crippen LogP contribution is 2.38. The molecule has 0 spiro atoms. The molecule has 1 aliphatic carbocycles. The van der Waals surface area contributed by atoms with Gasteiger partial charge in [0.25, 0.3) is 0 Å². The number of Topliss-reactive ketones (excluding diaryl/α,β-unsaturated/α-hetero) is 1. The van der Waals surface area contributed by atoms with Crippen LogP contribution in [0.3, 0.4) is 0 Å². The summed E-state index contributed by atoms with van der Waals surface area (Å²) in [6, 6.07) is 7.00. The van der Waals surface area contributed by atoms with Gasteiger partial charge in [-0.3, -0.25) is 4.79 Å². The molecule has 2 N–H and O–H groups in total. The number of alkyl carbamates (subject to hydrolysis) is 1. The number of piperazine rings is 1. The van der Waals surface area contributed by atoms with Crippen molar-refractivity contribution < 1.29 is 22.7 Å². The number of hydrogen-bond donors (Lipinski definition) is 2. The Kier molecular flexibility index (Phi) is 10.9. The zero-order chi connectivity index (χ0) is 28.9. The highest BCUT2D eigenvalue weighted by molar-refractivity contribution is 7.89. The van der Waals surface area contributed by atoms with Gasteiger partial charge in [0.1, 0.15) is 0 Å². The van der Waals surface area contributed by atoms with E-state index in [0.29, 0.717) is 36.9 Å². The van der Waals surface area contributed by atoms with Crippen LogP contribution in [-0.4, -0.2) is 68.7 Å². The van der Waals surface area contributed by atoms with Crippen LogP contribution in [0.25, 0.3) is 0 Å². The average Bonchev–Trinajstić information content (AvgIpc) is 3.04. The van der Waals surface area contributed by atoms with E-state index in [1.165, 1.54) is 7.11 Å². The molecule has 1 aromatic rings. The summed E-state index contributed by atoms with van der Waals surface area (Å²) in [7, 11) is -1.91. The fourth-order valence-electron chi connectivity index (χ4n) is 7.17. The lowest BCUT2D eigenvalue weighted by atomic mass is 9.72. The molecule has 0 aromatic heterocycles. The highest BCUT2D eigenvalue weighted by atomic mass is 35.5. The van der Waals surface area contributed by atoms with Gasteiger partial charge in [0.2, 0.25) is 10.0 Å². The standard InChI is InChI=1S/C30H46ClN3O5S/c1-20(2)28(22-10-13-24(31)14-11-22)29(33-30(36)39-3)27(35)17-23-8-5-4-7-21(23)12-15-26-18-32-25-9-6-16-40(37,38)34(26)19-25/h10-11,13-14,20-21,23,25-26,28-29,32H,4-9,12,15-19H2,1-3H3,(H,33,36)/t21-,23-,25-,26+,28-,29-/m1/s1. The molecule has 2 bridgehead atoms. The maximum absolute atomic E-state index is 14.0. The molecule has 2 heterocycles. The van der Waals surface area contributed by atoms with Gasteiger partial charge in [0, 0.05) is 42.5 Å². The van der Waals surface area contributed by atoms with Gasteiger partial charge in [-0.05, 0) is 67.6 Å². The Balaban J connectivity index is 1.47. The largest absolute Gasteiger partial charge is 0.453 e. The number of fused-ring (bicyclic) bond motifs is 2. The van der Waals surface area contributed by atoms with Gasteiger partial charge in [0.15, 0.2) is 5.78 Å². The molecule has 1 unspecified atom stereocenters. The number of ether oxygens (including phenoxy) is 1. The summed E-state index contributed by atoms with van der Waals surface area (Å²) in [5.41, 5.74) is 0.955. The van der Waals surface area contributed by atoms with Crippen LogP contribution in [0.15, 0.2) is 24.3 Å². The second-order valence-electron chi connectivity index (χ2n) is 12.3. The van der Waals surface area contributed by atoms with Gasteiger partial charge in [-0.15, -0.1) is 0 Å². The van der Waals surface area contributed by atoms with Crippen LogP contribution in [0.4, 0.5) is 4.79 Å². The molecule has 2 saturated heterocycles. The Morgan fingerprint density at radius 2 is 1.77 bits per heavy atom. The lowest BCUT2D eigenvalue weighted by Crippen LogP contribution is -2.57. The van der Waals surface area contributed by atoms with Crippen molar-refractivity contribution in [3.63, 3.8) is 0 Å². The van der Waals surface area contributed by atoms with Crippen molar-refractivity contribution in [3.8, 4) is 0 Å². The van der Waals surface area contributed by atoms with Crippen molar-refractivity contribution in [3.05, 3.63) is 34.9 Å². The van der Waals surface area contributed by atoms with Crippen LogP contribution in [0, 0.1) is 17.8 Å². The number of amides is 1. The van der Waals surface area contributed by atoms with Crippen LogP contribution >= 0.6 is 11.6 Å². The number of ketones is 1. The number of halogens is 1. The van der Waals surface area contributed by atoms with Gasteiger partial charge in [0.05, 0.1) is 18.9 Å². The molecule has 3 aliphatic rings. The van der Waals surface area contributed by atoms with E-state index in [-0.39, 0.29) is 41.4 Å². The van der Waals surface area contributed by atoms with Gasteiger partial charge in [-0.2, -0.15) is 4.31 Å². The van der Waals surface area contributed by atoms with Crippen molar-refractivity contribution in [1.29, 1.82) is 0 Å². The number of nitrogens with zero attached hydrogens (tertiary/aromatic N) is 1. The minimum absolute atomic E-state index is 0.0215. The molecular formula is C30H46ClN3O5S. The Morgan fingerprint density at radius 1 is 1.07 bits per heavy atom. The summed E-state index contributed by atoms with van der Waals surface area (Å²) < 4.78 is 32.5. The molecular weight excluding hydrogens is 550 g/mol. The van der Waals surface area contributed by atoms with Crippen LogP contribution in [0.1, 0.15) is 83.1 Å². The van der Waals surface area contributed by atoms with E-state index in [1.54, 1.807) is 4.31 Å². The third-order valence-electron chi connectivity index (χ3n) is 9.30. The monoisotopic (exact) mass is 595 g/mol. The van der Waals surface area contributed by atoms with Crippen LogP contribution < -0.4 is 10.6 Å². The minimum Gasteiger partial charge on any atom is -0.453 e. The van der Waals surface area contributed by atoms with E-state index in [0.717, 1.165) is 50.5 Å². The van der Waals surface area contributed by atoms with E-state index in [2.05, 4.69) is 24.5 Å². The number of methoxy groups -OCH3 is 1. The maximum Gasteiger partial charge on any atom is 0.407 e. The van der Waals surface area contributed by atoms with E-state index < -0.39 is 22.2 Å². The predicted octanol–water partition coefficient (Wildman–Crippen LogP) is 5.12. The molecule has 0 radical (unpaired) electrons. The normalized spacial score (nSPS) is 29.7. The summed E-state index contributed by atoms with van der Waals surface area (Å²) in [6.07, 6.45) is 7.34. The second-order valence-corrected chi connectivity index (χ2v) is 14.8. The zero-order valence-electron chi connectivity index (χ0n) is 24.1. The Morgan fingerprint density at radius 3 is 2.45 bits per heavy atom. The molecule has 40 heavy (non-hydrogen) atoms. The third kappa shape index (κ3) is 7.78. The molecule has 3 fully saturated rings. The van der Waals surface area contributed by atoms with Gasteiger partial charge in [-0.1, -0.05) is 56.8 Å². The molecule has 2 aliphatic heterocycles. The Hall–Kier alpha value is -1.68. The SMILES string of the molecule is COC(=O)N[C@H](C(=O)C[C@H]1CCCC[C@@H]1CC[C@H]1CN[C@@H]2CCCS(=O)(=O)N1C2)[C@@H](c1ccc(Cl)cc1)C(C)C. The smallest absolute Gasteiger partial charge is 0.407 e. The molecule has 1 amide bonds. The topological polar surface area (TPSA) is 105 Å². The van der Waals surface area contributed by atoms with Gasteiger partial charge >= 0.3 is 6.09 Å².